The van der Waals surface area contributed by atoms with Crippen LogP contribution in [0, 0.1) is 13.8 Å². The molecule has 0 spiro atoms. The Morgan fingerprint density at radius 3 is 2.42 bits per heavy atom. The summed E-state index contributed by atoms with van der Waals surface area (Å²) in [5.74, 6) is -0.932. The van der Waals surface area contributed by atoms with E-state index in [9.17, 15) is 9.59 Å². The molecule has 0 radical (unpaired) electrons. The third kappa shape index (κ3) is 3.93. The molecule has 2 aromatic rings. The van der Waals surface area contributed by atoms with Crippen LogP contribution in [-0.4, -0.2) is 18.9 Å². The largest absolute Gasteiger partial charge is 0.495 e. The van der Waals surface area contributed by atoms with Gasteiger partial charge >= 0.3 is 11.8 Å². The number of rotatable bonds is 4. The van der Waals surface area contributed by atoms with Gasteiger partial charge in [0.1, 0.15) is 5.75 Å². The number of benzene rings is 2. The lowest BCUT2D eigenvalue weighted by atomic mass is 10.1. The summed E-state index contributed by atoms with van der Waals surface area (Å²) in [5, 5.41) is 5.31. The highest BCUT2D eigenvalue weighted by Crippen LogP contribution is 2.25. The molecule has 5 nitrogen and oxygen atoms in total. The fourth-order valence-electron chi connectivity index (χ4n) is 2.47. The molecule has 126 valence electrons. The van der Waals surface area contributed by atoms with Gasteiger partial charge in [0.2, 0.25) is 0 Å². The number of hydrogen-bond acceptors (Lipinski definition) is 3. The molecule has 2 rings (SSSR count). The zero-order valence-electron chi connectivity index (χ0n) is 14.4. The van der Waals surface area contributed by atoms with Crippen molar-refractivity contribution in [2.24, 2.45) is 0 Å². The van der Waals surface area contributed by atoms with E-state index in [1.165, 1.54) is 7.11 Å². The molecule has 0 aliphatic rings. The lowest BCUT2D eigenvalue weighted by Crippen LogP contribution is -2.30. The third-order valence-corrected chi connectivity index (χ3v) is 3.79. The van der Waals surface area contributed by atoms with Crippen LogP contribution in [0.2, 0.25) is 0 Å². The number of aryl methyl sites for hydroxylation is 3. The molecule has 0 unspecified atom stereocenters. The molecular weight excluding hydrogens is 304 g/mol. The second kappa shape index (κ2) is 7.64. The molecule has 0 bridgehead atoms. The van der Waals surface area contributed by atoms with Crippen molar-refractivity contribution in [1.29, 1.82) is 0 Å². The molecule has 0 aliphatic carbocycles. The highest BCUT2D eigenvalue weighted by Gasteiger charge is 2.18. The maximum absolute atomic E-state index is 12.3. The lowest BCUT2D eigenvalue weighted by Gasteiger charge is -2.14. The van der Waals surface area contributed by atoms with Crippen molar-refractivity contribution in [3.8, 4) is 5.75 Å². The summed E-state index contributed by atoms with van der Waals surface area (Å²) in [4.78, 5) is 24.5. The Morgan fingerprint density at radius 1 is 1.04 bits per heavy atom. The highest BCUT2D eigenvalue weighted by molar-refractivity contribution is 6.44. The van der Waals surface area contributed by atoms with E-state index in [0.717, 1.165) is 23.1 Å². The SMILES string of the molecule is CCc1cccc(C)c1NC(=O)C(=O)Nc1cc(C)ccc1OC. The van der Waals surface area contributed by atoms with E-state index in [1.807, 2.05) is 45.0 Å². The molecule has 0 heterocycles. The zero-order chi connectivity index (χ0) is 17.7. The Bertz CT molecular complexity index is 769. The van der Waals surface area contributed by atoms with E-state index < -0.39 is 11.8 Å². The first kappa shape index (κ1) is 17.5. The van der Waals surface area contributed by atoms with E-state index in [2.05, 4.69) is 10.6 Å². The summed E-state index contributed by atoms with van der Waals surface area (Å²) in [7, 11) is 1.52. The minimum absolute atomic E-state index is 0.471. The number of anilines is 2. The van der Waals surface area contributed by atoms with Crippen molar-refractivity contribution in [2.75, 3.05) is 17.7 Å². The van der Waals surface area contributed by atoms with Crippen molar-refractivity contribution in [3.05, 3.63) is 53.1 Å². The molecule has 24 heavy (non-hydrogen) atoms. The van der Waals surface area contributed by atoms with Gasteiger partial charge in [0.05, 0.1) is 12.8 Å². The number of hydrogen-bond donors (Lipinski definition) is 2. The van der Waals surface area contributed by atoms with Crippen LogP contribution < -0.4 is 15.4 Å². The van der Waals surface area contributed by atoms with Crippen LogP contribution >= 0.6 is 0 Å². The molecule has 0 fully saturated rings. The molecular formula is C19H22N2O3. The minimum Gasteiger partial charge on any atom is -0.495 e. The van der Waals surface area contributed by atoms with Gasteiger partial charge in [-0.15, -0.1) is 0 Å². The van der Waals surface area contributed by atoms with Crippen molar-refractivity contribution < 1.29 is 14.3 Å². The van der Waals surface area contributed by atoms with Gasteiger partial charge in [0.15, 0.2) is 0 Å². The summed E-state index contributed by atoms with van der Waals surface area (Å²) in [6.45, 7) is 5.80. The second-order valence-electron chi connectivity index (χ2n) is 5.57. The zero-order valence-corrected chi connectivity index (χ0v) is 14.4. The standard InChI is InChI=1S/C19H22N2O3/c1-5-14-8-6-7-13(3)17(14)21-19(23)18(22)20-15-11-12(2)9-10-16(15)24-4/h6-11H,5H2,1-4H3,(H,20,22)(H,21,23). The van der Waals surface area contributed by atoms with Gasteiger partial charge in [-0.2, -0.15) is 0 Å². The second-order valence-corrected chi connectivity index (χ2v) is 5.57. The van der Waals surface area contributed by atoms with E-state index >= 15 is 0 Å². The normalized spacial score (nSPS) is 10.2. The molecule has 0 atom stereocenters. The molecule has 2 N–H and O–H groups in total. The van der Waals surface area contributed by atoms with Crippen LogP contribution in [0.4, 0.5) is 11.4 Å². The van der Waals surface area contributed by atoms with Crippen molar-refractivity contribution in [1.82, 2.24) is 0 Å². The molecule has 0 saturated heterocycles. The predicted octanol–water partition coefficient (Wildman–Crippen LogP) is 3.45. The fourth-order valence-corrected chi connectivity index (χ4v) is 2.47. The van der Waals surface area contributed by atoms with Crippen molar-refractivity contribution in [2.45, 2.75) is 27.2 Å². The number of ether oxygens (including phenoxy) is 1. The van der Waals surface area contributed by atoms with Crippen LogP contribution in [0.15, 0.2) is 36.4 Å². The van der Waals surface area contributed by atoms with Crippen molar-refractivity contribution in [3.63, 3.8) is 0 Å². The summed E-state index contributed by atoms with van der Waals surface area (Å²) in [6.07, 6.45) is 0.768. The van der Waals surface area contributed by atoms with Gasteiger partial charge in [0.25, 0.3) is 0 Å². The van der Waals surface area contributed by atoms with Gasteiger partial charge < -0.3 is 15.4 Å². The number of para-hydroxylation sites is 1. The first-order valence-corrected chi connectivity index (χ1v) is 7.81. The first-order valence-electron chi connectivity index (χ1n) is 7.81. The van der Waals surface area contributed by atoms with Gasteiger partial charge in [-0.3, -0.25) is 9.59 Å². The van der Waals surface area contributed by atoms with Crippen LogP contribution in [-0.2, 0) is 16.0 Å². The van der Waals surface area contributed by atoms with Gasteiger partial charge in [-0.05, 0) is 49.1 Å². The van der Waals surface area contributed by atoms with E-state index in [4.69, 9.17) is 4.74 Å². The lowest BCUT2D eigenvalue weighted by molar-refractivity contribution is -0.133. The Balaban J connectivity index is 2.17. The summed E-state index contributed by atoms with van der Waals surface area (Å²) >= 11 is 0. The minimum atomic E-state index is -0.732. The maximum atomic E-state index is 12.3. The summed E-state index contributed by atoms with van der Waals surface area (Å²) in [6, 6.07) is 11.1. The Morgan fingerprint density at radius 2 is 1.75 bits per heavy atom. The monoisotopic (exact) mass is 326 g/mol. The topological polar surface area (TPSA) is 67.4 Å². The highest BCUT2D eigenvalue weighted by atomic mass is 16.5. The Hall–Kier alpha value is -2.82. The van der Waals surface area contributed by atoms with Crippen LogP contribution in [0.5, 0.6) is 5.75 Å². The van der Waals surface area contributed by atoms with Crippen LogP contribution in [0.1, 0.15) is 23.6 Å². The molecule has 0 aliphatic heterocycles. The van der Waals surface area contributed by atoms with Crippen LogP contribution in [0.3, 0.4) is 0 Å². The molecule has 0 saturated carbocycles. The number of carbonyl (C=O) groups is 2. The summed E-state index contributed by atoms with van der Waals surface area (Å²) in [5.41, 5.74) is 4.03. The quantitative estimate of drug-likeness (QED) is 0.846. The predicted molar refractivity (Wildman–Crippen MR) is 95.5 cm³/mol. The van der Waals surface area contributed by atoms with E-state index in [-0.39, 0.29) is 0 Å². The Labute approximate surface area is 142 Å². The smallest absolute Gasteiger partial charge is 0.314 e. The average Bonchev–Trinajstić information content (AvgIpc) is 2.56. The van der Waals surface area contributed by atoms with E-state index in [0.29, 0.717) is 17.1 Å². The van der Waals surface area contributed by atoms with Crippen LogP contribution in [0.25, 0.3) is 0 Å². The third-order valence-electron chi connectivity index (χ3n) is 3.79. The van der Waals surface area contributed by atoms with E-state index in [1.54, 1.807) is 12.1 Å². The molecule has 2 aromatic carbocycles. The number of carbonyl (C=O) groups excluding carboxylic acids is 2. The van der Waals surface area contributed by atoms with Gasteiger partial charge in [-0.25, -0.2) is 0 Å². The van der Waals surface area contributed by atoms with Gasteiger partial charge in [0, 0.05) is 5.69 Å². The Kier molecular flexibility index (Phi) is 5.58. The summed E-state index contributed by atoms with van der Waals surface area (Å²) < 4.78 is 5.21. The number of amides is 2. The fraction of sp³-hybridized carbons (Fsp3) is 0.263. The van der Waals surface area contributed by atoms with Gasteiger partial charge in [-0.1, -0.05) is 31.2 Å². The maximum Gasteiger partial charge on any atom is 0.314 e. The average molecular weight is 326 g/mol. The molecule has 0 aromatic heterocycles. The molecule has 2 amide bonds. The molecule has 5 heteroatoms. The first-order chi connectivity index (χ1) is 11.5. The van der Waals surface area contributed by atoms with Crippen molar-refractivity contribution >= 4 is 23.2 Å². The number of methoxy groups -OCH3 is 1. The number of nitrogens with one attached hydrogen (secondary N) is 2.